The zero-order valence-electron chi connectivity index (χ0n) is 32.4. The lowest BCUT2D eigenvalue weighted by molar-refractivity contribution is -0.230. The second kappa shape index (κ2) is 37.7. The maximum Gasteiger partial charge on any atom is 0.306 e. The maximum atomic E-state index is 12.5. The van der Waals surface area contributed by atoms with E-state index in [2.05, 4.69) is 18.4 Å². The Morgan fingerprint density at radius 3 is 1.28 bits per heavy atom. The van der Waals surface area contributed by atoms with Gasteiger partial charge in [0.25, 0.3) is 7.82 Å². The van der Waals surface area contributed by atoms with Crippen LogP contribution in [0, 0.1) is 0 Å². The Labute approximate surface area is 305 Å². The van der Waals surface area contributed by atoms with Gasteiger partial charge >= 0.3 is 11.9 Å². The summed E-state index contributed by atoms with van der Waals surface area (Å²) in [6.45, 7) is 2.21. The van der Waals surface area contributed by atoms with Gasteiger partial charge in [0.05, 0.1) is 19.8 Å². The van der Waals surface area contributed by atoms with E-state index in [9.17, 15) is 24.2 Å². The van der Waals surface area contributed by atoms with E-state index in [-0.39, 0.29) is 25.6 Å². The average molecular weight is 740 g/mol. The van der Waals surface area contributed by atoms with Gasteiger partial charge in [0.15, 0.2) is 6.10 Å². The number of esters is 2. The summed E-state index contributed by atoms with van der Waals surface area (Å²) in [7, 11) is -4.85. The zero-order chi connectivity index (χ0) is 36.3. The average Bonchev–Trinajstić information content (AvgIpc) is 3.09. The summed E-state index contributed by atoms with van der Waals surface area (Å²) >= 11 is 0. The van der Waals surface area contributed by atoms with Crippen LogP contribution in [0.5, 0.6) is 0 Å². The van der Waals surface area contributed by atoms with Crippen molar-refractivity contribution in [2.45, 2.75) is 206 Å². The van der Waals surface area contributed by atoms with Gasteiger partial charge in [0, 0.05) is 12.8 Å². The van der Waals surface area contributed by atoms with Crippen molar-refractivity contribution in [2.24, 2.45) is 0 Å². The normalized spacial score (nSPS) is 13.7. The number of phosphoric acid groups is 1. The van der Waals surface area contributed by atoms with Gasteiger partial charge in [-0.05, 0) is 12.8 Å². The van der Waals surface area contributed by atoms with Crippen LogP contribution in [0.1, 0.15) is 194 Å². The highest BCUT2D eigenvalue weighted by Gasteiger charge is 2.21. The van der Waals surface area contributed by atoms with Crippen LogP contribution in [0.2, 0.25) is 0 Å². The molecule has 0 aromatic carbocycles. The number of hydrogen-bond acceptors (Lipinski definition) is 10. The van der Waals surface area contributed by atoms with Crippen molar-refractivity contribution in [1.82, 2.24) is 6.15 Å². The van der Waals surface area contributed by atoms with Gasteiger partial charge in [0.1, 0.15) is 12.7 Å². The SMILES string of the molecule is CCCCCCCCCCCCCCCC(=O)OC[C@H](COP(=O)([O-])OCC(O)CO)OC(=O)CCCCCCCCCCCCCCC.[NH4+]. The second-order valence-electron chi connectivity index (χ2n) is 13.7. The quantitative estimate of drug-likeness (QED) is 0.0312. The molecule has 0 radical (unpaired) electrons. The van der Waals surface area contributed by atoms with Crippen LogP contribution in [-0.4, -0.2) is 60.8 Å². The van der Waals surface area contributed by atoms with Crippen LogP contribution in [0.4, 0.5) is 0 Å². The third kappa shape index (κ3) is 36.7. The fraction of sp³-hybridized carbons (Fsp3) is 0.947. The van der Waals surface area contributed by atoms with E-state index in [1.807, 2.05) is 0 Å². The van der Waals surface area contributed by atoms with E-state index in [1.165, 1.54) is 116 Å². The molecule has 0 heterocycles. The number of aliphatic hydroxyl groups excluding tert-OH is 2. The minimum absolute atomic E-state index is 0. The molecule has 6 N–H and O–H groups in total. The van der Waals surface area contributed by atoms with Crippen LogP contribution in [-0.2, 0) is 32.7 Å². The molecule has 0 bridgehead atoms. The molecule has 50 heavy (non-hydrogen) atoms. The fourth-order valence-electron chi connectivity index (χ4n) is 5.63. The molecule has 0 aliphatic carbocycles. The van der Waals surface area contributed by atoms with Crippen LogP contribution < -0.4 is 11.0 Å². The van der Waals surface area contributed by atoms with E-state index in [1.54, 1.807) is 0 Å². The van der Waals surface area contributed by atoms with Crippen molar-refractivity contribution in [3.8, 4) is 0 Å². The van der Waals surface area contributed by atoms with E-state index < -0.39 is 51.8 Å². The van der Waals surface area contributed by atoms with Crippen molar-refractivity contribution in [3.05, 3.63) is 0 Å². The highest BCUT2D eigenvalue weighted by atomic mass is 31.2. The zero-order valence-corrected chi connectivity index (χ0v) is 33.3. The third-order valence-corrected chi connectivity index (χ3v) is 9.68. The first-order valence-corrected chi connectivity index (χ1v) is 21.4. The highest BCUT2D eigenvalue weighted by Crippen LogP contribution is 2.38. The van der Waals surface area contributed by atoms with Crippen LogP contribution in [0.3, 0.4) is 0 Å². The molecule has 0 aliphatic heterocycles. The van der Waals surface area contributed by atoms with Gasteiger partial charge in [-0.25, -0.2) is 0 Å². The maximum absolute atomic E-state index is 12.5. The van der Waals surface area contributed by atoms with Gasteiger partial charge < -0.3 is 39.8 Å². The van der Waals surface area contributed by atoms with Crippen LogP contribution in [0.15, 0.2) is 0 Å². The summed E-state index contributed by atoms with van der Waals surface area (Å²) in [5, 5.41) is 18.2. The smallest absolute Gasteiger partial charge is 0.306 e. The molecule has 0 amide bonds. The monoisotopic (exact) mass is 740 g/mol. The van der Waals surface area contributed by atoms with Crippen molar-refractivity contribution in [3.63, 3.8) is 0 Å². The van der Waals surface area contributed by atoms with Crippen molar-refractivity contribution < 1.29 is 47.8 Å². The molecule has 0 rings (SSSR count). The van der Waals surface area contributed by atoms with Crippen LogP contribution >= 0.6 is 7.82 Å². The molecule has 3 atom stereocenters. The van der Waals surface area contributed by atoms with Crippen molar-refractivity contribution in [2.75, 3.05) is 26.4 Å². The van der Waals surface area contributed by atoms with E-state index in [0.717, 1.165) is 38.5 Å². The molecule has 0 saturated heterocycles. The number of hydrogen-bond donors (Lipinski definition) is 3. The molecule has 0 aliphatic rings. The summed E-state index contributed by atoms with van der Waals surface area (Å²) in [5.41, 5.74) is 0. The summed E-state index contributed by atoms with van der Waals surface area (Å²) in [6.07, 6.45) is 29.0. The summed E-state index contributed by atoms with van der Waals surface area (Å²) in [5.74, 6) is -0.949. The summed E-state index contributed by atoms with van der Waals surface area (Å²) < 4.78 is 32.2. The van der Waals surface area contributed by atoms with Crippen molar-refractivity contribution in [1.29, 1.82) is 0 Å². The molecular weight excluding hydrogens is 661 g/mol. The Balaban J connectivity index is 0. The number of carbonyl (C=O) groups is 2. The Morgan fingerprint density at radius 1 is 0.560 bits per heavy atom. The minimum atomic E-state index is -4.85. The van der Waals surface area contributed by atoms with Gasteiger partial charge in [-0.2, -0.15) is 0 Å². The number of ether oxygens (including phenoxy) is 2. The molecular formula is C38H78NO10P. The predicted molar refractivity (Wildman–Crippen MR) is 200 cm³/mol. The molecule has 11 nitrogen and oxygen atoms in total. The Kier molecular flexibility index (Phi) is 38.5. The van der Waals surface area contributed by atoms with Gasteiger partial charge in [-0.15, -0.1) is 0 Å². The highest BCUT2D eigenvalue weighted by molar-refractivity contribution is 7.45. The number of carbonyl (C=O) groups excluding carboxylic acids is 2. The lowest BCUT2D eigenvalue weighted by Gasteiger charge is -2.26. The first-order chi connectivity index (χ1) is 23.7. The molecule has 0 aromatic rings. The first kappa shape index (κ1) is 51.0. The lowest BCUT2D eigenvalue weighted by Crippen LogP contribution is -2.30. The minimum Gasteiger partial charge on any atom is -0.756 e. The topological polar surface area (TPSA) is 188 Å². The Morgan fingerprint density at radius 2 is 0.900 bits per heavy atom. The summed E-state index contributed by atoms with van der Waals surface area (Å²) in [6, 6.07) is 0. The fourth-order valence-corrected chi connectivity index (χ4v) is 6.41. The largest absolute Gasteiger partial charge is 0.756 e. The van der Waals surface area contributed by atoms with E-state index >= 15 is 0 Å². The molecule has 0 fully saturated rings. The number of rotatable bonds is 38. The molecule has 2 unspecified atom stereocenters. The first-order valence-electron chi connectivity index (χ1n) is 20.0. The molecule has 0 saturated carbocycles. The van der Waals surface area contributed by atoms with E-state index in [0.29, 0.717) is 12.8 Å². The Hall–Kier alpha value is -1.07. The molecule has 300 valence electrons. The van der Waals surface area contributed by atoms with Gasteiger partial charge in [-0.3, -0.25) is 14.2 Å². The van der Waals surface area contributed by atoms with E-state index in [4.69, 9.17) is 19.1 Å². The third-order valence-electron chi connectivity index (χ3n) is 8.75. The standard InChI is InChI=1S/C38H75O10P.H3N/c1-3-5-7-9-11-13-15-17-19-21-23-25-27-29-37(41)45-33-36(34-47-49(43,44)46-32-35(40)31-39)48-38(42)30-28-26-24-22-20-18-16-14-12-10-8-6-4-2;/h35-36,39-40H,3-34H2,1-2H3,(H,43,44);1H3/t35?,36-;/m1./s1. The molecule has 12 heteroatoms. The van der Waals surface area contributed by atoms with Crippen LogP contribution in [0.25, 0.3) is 0 Å². The predicted octanol–water partition coefficient (Wildman–Crippen LogP) is 9.64. The second-order valence-corrected chi connectivity index (χ2v) is 15.1. The van der Waals surface area contributed by atoms with Gasteiger partial charge in [0.2, 0.25) is 0 Å². The number of aliphatic hydroxyl groups is 2. The Bertz CT molecular complexity index is 804. The number of unbranched alkanes of at least 4 members (excludes halogenated alkanes) is 24. The van der Waals surface area contributed by atoms with Gasteiger partial charge in [-0.1, -0.05) is 168 Å². The summed E-state index contributed by atoms with van der Waals surface area (Å²) in [4.78, 5) is 37.0. The van der Waals surface area contributed by atoms with Crippen molar-refractivity contribution >= 4 is 19.8 Å². The molecule has 0 spiro atoms. The molecule has 0 aromatic heterocycles. The number of quaternary nitrogens is 1. The lowest BCUT2D eigenvalue weighted by atomic mass is 10.0. The number of phosphoric ester groups is 1.